The first-order valence-electron chi connectivity index (χ1n) is 3.54. The zero-order valence-electron chi connectivity index (χ0n) is 7.85. The fraction of sp³-hybridized carbons (Fsp3) is 0.714. The van der Waals surface area contributed by atoms with Gasteiger partial charge in [0.25, 0.3) is 0 Å². The van der Waals surface area contributed by atoms with Gasteiger partial charge in [-0.2, -0.15) is 0 Å². The van der Waals surface area contributed by atoms with Crippen molar-refractivity contribution in [3.63, 3.8) is 0 Å². The van der Waals surface area contributed by atoms with Crippen molar-refractivity contribution in [2.45, 2.75) is 26.0 Å². The molecular weight excluding hydrogens is 178 g/mol. The van der Waals surface area contributed by atoms with Crippen molar-refractivity contribution in [3.05, 3.63) is 0 Å². The lowest BCUT2D eigenvalue weighted by molar-refractivity contribution is -0.141. The van der Waals surface area contributed by atoms with E-state index in [0.29, 0.717) is 0 Å². The smallest absolute Gasteiger partial charge is 0.323 e. The van der Waals surface area contributed by atoms with E-state index in [0.717, 1.165) is 0 Å². The summed E-state index contributed by atoms with van der Waals surface area (Å²) in [6.45, 7) is 2.69. The Kier molecular flexibility index (Phi) is 8.31. The first kappa shape index (κ1) is 14.4. The molecule has 4 N–H and O–H groups in total. The summed E-state index contributed by atoms with van der Waals surface area (Å²) in [5, 5.41) is 16.6. The van der Waals surface area contributed by atoms with Crippen LogP contribution in [0, 0.1) is 0 Å². The lowest BCUT2D eigenvalue weighted by Crippen LogP contribution is -2.39. The van der Waals surface area contributed by atoms with E-state index >= 15 is 0 Å². The first-order chi connectivity index (χ1) is 5.82. The Balaban J connectivity index is 0. The summed E-state index contributed by atoms with van der Waals surface area (Å²) >= 11 is 0. The second kappa shape index (κ2) is 7.51. The predicted octanol–water partition coefficient (Wildman–Crippen LogP) is -1.04. The van der Waals surface area contributed by atoms with Crippen molar-refractivity contribution < 1.29 is 24.5 Å². The number of rotatable bonds is 2. The minimum atomic E-state index is -1.18. The van der Waals surface area contributed by atoms with Gasteiger partial charge in [0, 0.05) is 6.92 Å². The molecular formula is C7H15NO5. The van der Waals surface area contributed by atoms with Crippen LogP contribution in [0.2, 0.25) is 0 Å². The van der Waals surface area contributed by atoms with Crippen LogP contribution < -0.4 is 5.73 Å². The number of aliphatic hydroxyl groups excluding tert-OH is 1. The first-order valence-corrected chi connectivity index (χ1v) is 3.54. The summed E-state index contributed by atoms with van der Waals surface area (Å²) in [5.74, 6) is -1.43. The predicted molar refractivity (Wildman–Crippen MR) is 45.0 cm³/mol. The molecule has 2 atom stereocenters. The number of methoxy groups -OCH3 is 1. The highest BCUT2D eigenvalue weighted by atomic mass is 16.5. The molecule has 0 aromatic heterocycles. The molecule has 0 aromatic carbocycles. The fourth-order valence-electron chi connectivity index (χ4n) is 0.206. The lowest BCUT2D eigenvalue weighted by Gasteiger charge is -2.06. The number of carboxylic acid groups (broad SMARTS) is 1. The van der Waals surface area contributed by atoms with Crippen molar-refractivity contribution >= 4 is 11.9 Å². The summed E-state index contributed by atoms with van der Waals surface area (Å²) in [5.41, 5.74) is 4.91. The Bertz CT molecular complexity index is 168. The average Bonchev–Trinajstić information content (AvgIpc) is 2.03. The fourth-order valence-corrected chi connectivity index (χ4v) is 0.206. The van der Waals surface area contributed by atoms with Crippen molar-refractivity contribution in [1.82, 2.24) is 0 Å². The van der Waals surface area contributed by atoms with Gasteiger partial charge >= 0.3 is 11.9 Å². The zero-order valence-corrected chi connectivity index (χ0v) is 7.85. The number of esters is 1. The molecule has 2 unspecified atom stereocenters. The number of carboxylic acids is 1. The zero-order chi connectivity index (χ0) is 11.0. The van der Waals surface area contributed by atoms with E-state index in [4.69, 9.17) is 15.9 Å². The average molecular weight is 193 g/mol. The summed E-state index contributed by atoms with van der Waals surface area (Å²) < 4.78 is 4.11. The minimum absolute atomic E-state index is 0.245. The molecule has 0 amide bonds. The monoisotopic (exact) mass is 193 g/mol. The van der Waals surface area contributed by atoms with E-state index in [1.807, 2.05) is 0 Å². The highest BCUT2D eigenvalue weighted by Gasteiger charge is 2.16. The SMILES string of the molecule is CC(O)C(N)C(=O)O.COC(C)=O. The Morgan fingerprint density at radius 1 is 1.46 bits per heavy atom. The Morgan fingerprint density at radius 3 is 1.77 bits per heavy atom. The molecule has 13 heavy (non-hydrogen) atoms. The normalized spacial score (nSPS) is 13.3. The topological polar surface area (TPSA) is 110 Å². The summed E-state index contributed by atoms with van der Waals surface area (Å²) in [4.78, 5) is 19.4. The van der Waals surface area contributed by atoms with Crippen LogP contribution in [0.3, 0.4) is 0 Å². The molecule has 0 bridgehead atoms. The van der Waals surface area contributed by atoms with Crippen molar-refractivity contribution in [3.8, 4) is 0 Å². The third-order valence-corrected chi connectivity index (χ3v) is 1.09. The van der Waals surface area contributed by atoms with E-state index in [-0.39, 0.29) is 5.97 Å². The highest BCUT2D eigenvalue weighted by molar-refractivity contribution is 5.73. The quantitative estimate of drug-likeness (QED) is 0.483. The van der Waals surface area contributed by atoms with Gasteiger partial charge < -0.3 is 20.7 Å². The number of nitrogens with two attached hydrogens (primary N) is 1. The molecule has 0 aromatic rings. The number of carbonyl (C=O) groups excluding carboxylic acids is 1. The minimum Gasteiger partial charge on any atom is -0.480 e. The van der Waals surface area contributed by atoms with Crippen LogP contribution in [0.4, 0.5) is 0 Å². The number of ether oxygens (including phenoxy) is 1. The third kappa shape index (κ3) is 10.9. The van der Waals surface area contributed by atoms with Crippen LogP contribution in [-0.4, -0.2) is 41.4 Å². The number of aliphatic hydroxyl groups is 1. The molecule has 0 heterocycles. The molecule has 0 aliphatic rings. The number of aliphatic carboxylic acids is 1. The molecule has 0 spiro atoms. The van der Waals surface area contributed by atoms with Gasteiger partial charge in [0.15, 0.2) is 0 Å². The van der Waals surface area contributed by atoms with Crippen molar-refractivity contribution in [2.24, 2.45) is 5.73 Å². The summed E-state index contributed by atoms with van der Waals surface area (Å²) in [6, 6.07) is -1.16. The molecule has 0 aliphatic heterocycles. The summed E-state index contributed by atoms with van der Waals surface area (Å²) in [7, 11) is 1.35. The molecule has 0 radical (unpaired) electrons. The highest BCUT2D eigenvalue weighted by Crippen LogP contribution is 1.85. The number of hydrogen-bond acceptors (Lipinski definition) is 5. The van der Waals surface area contributed by atoms with Gasteiger partial charge in [-0.05, 0) is 6.92 Å². The lowest BCUT2D eigenvalue weighted by atomic mass is 10.2. The van der Waals surface area contributed by atoms with Gasteiger partial charge in [-0.3, -0.25) is 9.59 Å². The molecule has 0 aliphatic carbocycles. The molecule has 0 fully saturated rings. The van der Waals surface area contributed by atoms with Crippen molar-refractivity contribution in [1.29, 1.82) is 0 Å². The van der Waals surface area contributed by atoms with Gasteiger partial charge in [0.05, 0.1) is 13.2 Å². The van der Waals surface area contributed by atoms with Gasteiger partial charge in [0.1, 0.15) is 6.04 Å². The number of carbonyl (C=O) groups is 2. The Labute approximate surface area is 76.3 Å². The summed E-state index contributed by atoms with van der Waals surface area (Å²) in [6.07, 6.45) is -0.979. The van der Waals surface area contributed by atoms with Crippen LogP contribution in [0.15, 0.2) is 0 Å². The second-order valence-electron chi connectivity index (χ2n) is 2.30. The van der Waals surface area contributed by atoms with Crippen LogP contribution in [0.1, 0.15) is 13.8 Å². The number of hydrogen-bond donors (Lipinski definition) is 3. The Hall–Kier alpha value is -1.14. The molecule has 6 nitrogen and oxygen atoms in total. The maximum Gasteiger partial charge on any atom is 0.323 e. The third-order valence-electron chi connectivity index (χ3n) is 1.09. The van der Waals surface area contributed by atoms with E-state index < -0.39 is 18.1 Å². The van der Waals surface area contributed by atoms with Crippen LogP contribution in [-0.2, 0) is 14.3 Å². The van der Waals surface area contributed by atoms with Crippen LogP contribution in [0.25, 0.3) is 0 Å². The standard InChI is InChI=1S/C4H9NO3.C3H6O2/c1-2(6)3(5)4(7)8;1-3(4)5-2/h2-3,6H,5H2,1H3,(H,7,8);1-2H3. The molecule has 6 heteroatoms. The molecule has 78 valence electrons. The maximum absolute atomic E-state index is 9.86. The molecule has 0 rings (SSSR count). The Morgan fingerprint density at radius 2 is 1.77 bits per heavy atom. The van der Waals surface area contributed by atoms with Gasteiger partial charge in [0.2, 0.25) is 0 Å². The van der Waals surface area contributed by atoms with E-state index in [9.17, 15) is 9.59 Å². The largest absolute Gasteiger partial charge is 0.480 e. The van der Waals surface area contributed by atoms with Gasteiger partial charge in [-0.15, -0.1) is 0 Å². The maximum atomic E-state index is 9.86. The van der Waals surface area contributed by atoms with Crippen LogP contribution >= 0.6 is 0 Å². The van der Waals surface area contributed by atoms with Gasteiger partial charge in [-0.25, -0.2) is 0 Å². The van der Waals surface area contributed by atoms with E-state index in [1.165, 1.54) is 21.0 Å². The van der Waals surface area contributed by atoms with Crippen LogP contribution in [0.5, 0.6) is 0 Å². The van der Waals surface area contributed by atoms with E-state index in [1.54, 1.807) is 0 Å². The van der Waals surface area contributed by atoms with E-state index in [2.05, 4.69) is 4.74 Å². The second-order valence-corrected chi connectivity index (χ2v) is 2.30. The van der Waals surface area contributed by atoms with Crippen molar-refractivity contribution in [2.75, 3.05) is 7.11 Å². The van der Waals surface area contributed by atoms with Gasteiger partial charge in [-0.1, -0.05) is 0 Å². The molecule has 0 saturated carbocycles. The molecule has 0 saturated heterocycles.